The van der Waals surface area contributed by atoms with Crippen LogP contribution < -0.4 is 14.4 Å². The predicted molar refractivity (Wildman–Crippen MR) is 127 cm³/mol. The van der Waals surface area contributed by atoms with Gasteiger partial charge in [0.05, 0.1) is 24.5 Å². The first kappa shape index (κ1) is 24.5. The Morgan fingerprint density at radius 2 is 1.70 bits per heavy atom. The van der Waals surface area contributed by atoms with Crippen molar-refractivity contribution >= 4 is 33.2 Å². The molecule has 0 heterocycles. The minimum Gasteiger partial charge on any atom is -0.484 e. The van der Waals surface area contributed by atoms with Crippen LogP contribution in [0.15, 0.2) is 72.8 Å². The van der Waals surface area contributed by atoms with Gasteiger partial charge in [-0.25, -0.2) is 12.8 Å². The minimum atomic E-state index is -3.57. The second-order valence-corrected chi connectivity index (χ2v) is 9.80. The molecule has 9 heteroatoms. The van der Waals surface area contributed by atoms with Crippen molar-refractivity contribution in [3.63, 3.8) is 0 Å². The number of hydrogen-bond acceptors (Lipinski definition) is 4. The average molecular weight is 491 g/mol. The van der Waals surface area contributed by atoms with E-state index in [1.807, 2.05) is 0 Å². The molecule has 0 fully saturated rings. The van der Waals surface area contributed by atoms with Gasteiger partial charge < -0.3 is 10.1 Å². The molecule has 3 aromatic rings. The topological polar surface area (TPSA) is 75.7 Å². The van der Waals surface area contributed by atoms with Crippen LogP contribution in [-0.4, -0.2) is 27.2 Å². The van der Waals surface area contributed by atoms with Gasteiger partial charge in [-0.3, -0.25) is 9.10 Å². The molecule has 0 saturated heterocycles. The largest absolute Gasteiger partial charge is 0.484 e. The summed E-state index contributed by atoms with van der Waals surface area (Å²) < 4.78 is 44.5. The lowest BCUT2D eigenvalue weighted by atomic mass is 10.1. The van der Waals surface area contributed by atoms with Crippen molar-refractivity contribution in [3.8, 4) is 5.75 Å². The molecule has 3 rings (SSSR count). The number of anilines is 1. The van der Waals surface area contributed by atoms with Crippen molar-refractivity contribution < 1.29 is 22.3 Å². The molecule has 0 aliphatic heterocycles. The van der Waals surface area contributed by atoms with Gasteiger partial charge in [-0.05, 0) is 60.5 Å². The van der Waals surface area contributed by atoms with E-state index in [9.17, 15) is 17.6 Å². The van der Waals surface area contributed by atoms with Crippen molar-refractivity contribution in [1.29, 1.82) is 0 Å². The Bertz CT molecular complexity index is 1200. The average Bonchev–Trinajstić information content (AvgIpc) is 2.77. The van der Waals surface area contributed by atoms with Crippen LogP contribution in [0, 0.1) is 5.82 Å². The summed E-state index contributed by atoms with van der Waals surface area (Å²) in [7, 11) is -3.57. The molecule has 0 radical (unpaired) electrons. The third-order valence-electron chi connectivity index (χ3n) is 4.91. The van der Waals surface area contributed by atoms with Crippen molar-refractivity contribution in [1.82, 2.24) is 5.32 Å². The molecule has 6 nitrogen and oxygen atoms in total. The van der Waals surface area contributed by atoms with E-state index in [1.54, 1.807) is 67.6 Å². The van der Waals surface area contributed by atoms with Gasteiger partial charge in [0.25, 0.3) is 5.91 Å². The molecule has 1 N–H and O–H groups in total. The molecule has 0 aliphatic carbocycles. The summed E-state index contributed by atoms with van der Waals surface area (Å²) in [5.74, 6) is -0.271. The molecule has 0 aromatic heterocycles. The quantitative estimate of drug-likeness (QED) is 0.471. The summed E-state index contributed by atoms with van der Waals surface area (Å²) in [6.45, 7) is 1.65. The molecule has 0 unspecified atom stereocenters. The fraction of sp³-hybridized carbons (Fsp3) is 0.208. The van der Waals surface area contributed by atoms with Crippen LogP contribution >= 0.6 is 11.6 Å². The Morgan fingerprint density at radius 3 is 2.30 bits per heavy atom. The number of amides is 1. The van der Waals surface area contributed by atoms with E-state index < -0.39 is 10.0 Å². The number of nitrogens with one attached hydrogen (secondary N) is 1. The lowest BCUT2D eigenvalue weighted by molar-refractivity contribution is -0.123. The van der Waals surface area contributed by atoms with Gasteiger partial charge >= 0.3 is 0 Å². The first-order valence-corrected chi connectivity index (χ1v) is 12.3. The SMILES string of the molecule is C[C@H](NC(=O)COc1ccc(N(Cc2ccccc2Cl)S(C)(=O)=O)cc1)c1ccc(F)cc1. The van der Waals surface area contributed by atoms with E-state index in [-0.39, 0.29) is 30.9 Å². The number of halogens is 2. The van der Waals surface area contributed by atoms with Crippen molar-refractivity contribution in [3.05, 3.63) is 94.8 Å². The Hall–Kier alpha value is -3.10. The number of ether oxygens (including phenoxy) is 1. The van der Waals surface area contributed by atoms with E-state index in [2.05, 4.69) is 5.32 Å². The molecule has 3 aromatic carbocycles. The molecule has 0 aliphatic rings. The van der Waals surface area contributed by atoms with E-state index in [0.717, 1.165) is 11.8 Å². The summed E-state index contributed by atoms with van der Waals surface area (Å²) >= 11 is 6.19. The lowest BCUT2D eigenvalue weighted by Gasteiger charge is -2.23. The highest BCUT2D eigenvalue weighted by Crippen LogP contribution is 2.26. The molecular weight excluding hydrogens is 467 g/mol. The normalized spacial score (nSPS) is 12.1. The monoisotopic (exact) mass is 490 g/mol. The highest BCUT2D eigenvalue weighted by Gasteiger charge is 2.19. The number of hydrogen-bond donors (Lipinski definition) is 1. The number of benzene rings is 3. The van der Waals surface area contributed by atoms with Crippen LogP contribution in [0.2, 0.25) is 5.02 Å². The highest BCUT2D eigenvalue weighted by molar-refractivity contribution is 7.92. The zero-order valence-corrected chi connectivity index (χ0v) is 19.7. The predicted octanol–water partition coefficient (Wildman–Crippen LogP) is 4.70. The Kier molecular flexibility index (Phi) is 7.94. The molecule has 33 heavy (non-hydrogen) atoms. The second kappa shape index (κ2) is 10.7. The summed E-state index contributed by atoms with van der Waals surface area (Å²) in [5, 5.41) is 3.26. The number of sulfonamides is 1. The summed E-state index contributed by atoms with van der Waals surface area (Å²) in [4.78, 5) is 12.2. The van der Waals surface area contributed by atoms with Crippen molar-refractivity contribution in [2.75, 3.05) is 17.2 Å². The maximum Gasteiger partial charge on any atom is 0.258 e. The number of nitrogens with zero attached hydrogens (tertiary/aromatic N) is 1. The molecule has 0 saturated carbocycles. The van der Waals surface area contributed by atoms with Crippen LogP contribution in [0.5, 0.6) is 5.75 Å². The van der Waals surface area contributed by atoms with Crippen LogP contribution in [-0.2, 0) is 21.4 Å². The first-order chi connectivity index (χ1) is 15.6. The standard InChI is InChI=1S/C24H24ClFN2O4S/c1-17(18-7-9-20(26)10-8-18)27-24(29)16-32-22-13-11-21(12-14-22)28(33(2,30)31)15-19-5-3-4-6-23(19)25/h3-14,17H,15-16H2,1-2H3,(H,27,29)/t17-/m0/s1. The second-order valence-electron chi connectivity index (χ2n) is 7.48. The van der Waals surface area contributed by atoms with Crippen LogP contribution in [0.4, 0.5) is 10.1 Å². The maximum atomic E-state index is 13.0. The van der Waals surface area contributed by atoms with Gasteiger partial charge in [0.15, 0.2) is 6.61 Å². The fourth-order valence-corrected chi connectivity index (χ4v) is 4.23. The van der Waals surface area contributed by atoms with Gasteiger partial charge in [-0.15, -0.1) is 0 Å². The molecular formula is C24H24ClFN2O4S. The fourth-order valence-electron chi connectivity index (χ4n) is 3.16. The Labute approximate surface area is 198 Å². The summed E-state index contributed by atoms with van der Waals surface area (Å²) in [5.41, 5.74) is 1.89. The van der Waals surface area contributed by atoms with E-state index in [1.165, 1.54) is 16.4 Å². The van der Waals surface area contributed by atoms with Crippen LogP contribution in [0.1, 0.15) is 24.1 Å². The van der Waals surface area contributed by atoms with Gasteiger partial charge in [0, 0.05) is 5.02 Å². The maximum absolute atomic E-state index is 13.0. The molecule has 1 amide bonds. The Morgan fingerprint density at radius 1 is 1.06 bits per heavy atom. The molecule has 0 bridgehead atoms. The van der Waals surface area contributed by atoms with E-state index in [0.29, 0.717) is 22.0 Å². The number of carbonyl (C=O) groups is 1. The van der Waals surface area contributed by atoms with Crippen molar-refractivity contribution in [2.24, 2.45) is 0 Å². The molecule has 0 spiro atoms. The minimum absolute atomic E-state index is 0.0857. The smallest absolute Gasteiger partial charge is 0.258 e. The van der Waals surface area contributed by atoms with Gasteiger partial charge in [0.1, 0.15) is 11.6 Å². The molecule has 1 atom stereocenters. The lowest BCUT2D eigenvalue weighted by Crippen LogP contribution is -2.31. The summed E-state index contributed by atoms with van der Waals surface area (Å²) in [6.07, 6.45) is 1.13. The number of rotatable bonds is 9. The first-order valence-electron chi connectivity index (χ1n) is 10.1. The zero-order valence-electron chi connectivity index (χ0n) is 18.2. The molecule has 174 valence electrons. The Balaban J connectivity index is 1.61. The summed E-state index contributed by atoms with van der Waals surface area (Å²) in [6, 6.07) is 19.0. The van der Waals surface area contributed by atoms with Crippen LogP contribution in [0.25, 0.3) is 0 Å². The third-order valence-corrected chi connectivity index (χ3v) is 6.42. The van der Waals surface area contributed by atoms with E-state index >= 15 is 0 Å². The van der Waals surface area contributed by atoms with Gasteiger partial charge in [-0.2, -0.15) is 0 Å². The van der Waals surface area contributed by atoms with Gasteiger partial charge in [-0.1, -0.05) is 41.9 Å². The van der Waals surface area contributed by atoms with E-state index in [4.69, 9.17) is 16.3 Å². The third kappa shape index (κ3) is 6.94. The van der Waals surface area contributed by atoms with Crippen molar-refractivity contribution in [2.45, 2.75) is 19.5 Å². The van der Waals surface area contributed by atoms with Gasteiger partial charge in [0.2, 0.25) is 10.0 Å². The number of carbonyl (C=O) groups excluding carboxylic acids is 1. The highest BCUT2D eigenvalue weighted by atomic mass is 35.5. The van der Waals surface area contributed by atoms with Crippen LogP contribution in [0.3, 0.4) is 0 Å². The zero-order chi connectivity index (χ0) is 24.0.